The van der Waals surface area contributed by atoms with E-state index in [0.29, 0.717) is 12.2 Å². The highest BCUT2D eigenvalue weighted by Gasteiger charge is 1.98. The van der Waals surface area contributed by atoms with Gasteiger partial charge in [0.2, 0.25) is 5.82 Å². The molecule has 12 heavy (non-hydrogen) atoms. The van der Waals surface area contributed by atoms with Crippen LogP contribution in [0.15, 0.2) is 0 Å². The molecule has 0 atom stereocenters. The zero-order chi connectivity index (χ0) is 8.97. The van der Waals surface area contributed by atoms with Gasteiger partial charge in [-0.05, 0) is 12.8 Å². The Labute approximate surface area is 71.2 Å². The second-order valence-corrected chi connectivity index (χ2v) is 2.41. The minimum atomic E-state index is 0.0871. The fourth-order valence-electron chi connectivity index (χ4n) is 0.713. The third-order valence-electron chi connectivity index (χ3n) is 1.53. The largest absolute Gasteiger partial charge is 0.395 e. The Hall–Kier alpha value is -1.34. The van der Waals surface area contributed by atoms with Gasteiger partial charge in [0.25, 0.3) is 0 Å². The molecule has 0 amide bonds. The maximum Gasteiger partial charge on any atom is 0.207 e. The van der Waals surface area contributed by atoms with Crippen LogP contribution in [-0.4, -0.2) is 26.5 Å². The first-order valence-corrected chi connectivity index (χ1v) is 3.71. The van der Waals surface area contributed by atoms with E-state index in [1.807, 2.05) is 18.5 Å². The Morgan fingerprint density at radius 3 is 2.75 bits per heavy atom. The van der Waals surface area contributed by atoms with Crippen molar-refractivity contribution in [3.05, 3.63) is 11.6 Å². The molecular formula is C8H11N3O. The Morgan fingerprint density at radius 1 is 1.50 bits per heavy atom. The van der Waals surface area contributed by atoms with Crippen LogP contribution in [-0.2, 0) is 7.05 Å². The van der Waals surface area contributed by atoms with E-state index in [2.05, 4.69) is 22.0 Å². The molecule has 4 nitrogen and oxygen atoms in total. The highest BCUT2D eigenvalue weighted by molar-refractivity contribution is 5.20. The Balaban J connectivity index is 2.78. The van der Waals surface area contributed by atoms with Gasteiger partial charge in [0.1, 0.15) is 5.82 Å². The third kappa shape index (κ3) is 1.83. The lowest BCUT2D eigenvalue weighted by Gasteiger charge is -1.91. The van der Waals surface area contributed by atoms with Gasteiger partial charge in [-0.2, -0.15) is 0 Å². The molecule has 64 valence electrons. The van der Waals surface area contributed by atoms with Crippen LogP contribution in [0.1, 0.15) is 18.1 Å². The van der Waals surface area contributed by atoms with Crippen molar-refractivity contribution in [2.45, 2.75) is 13.3 Å². The second-order valence-electron chi connectivity index (χ2n) is 2.41. The van der Waals surface area contributed by atoms with Crippen LogP contribution in [0.25, 0.3) is 0 Å². The number of aryl methyl sites for hydroxylation is 1. The van der Waals surface area contributed by atoms with Crippen molar-refractivity contribution in [3.63, 3.8) is 0 Å². The quantitative estimate of drug-likeness (QED) is 0.589. The topological polar surface area (TPSA) is 50.9 Å². The van der Waals surface area contributed by atoms with E-state index in [0.717, 1.165) is 5.82 Å². The molecule has 4 heteroatoms. The average molecular weight is 165 g/mol. The summed E-state index contributed by atoms with van der Waals surface area (Å²) in [6, 6.07) is 0. The summed E-state index contributed by atoms with van der Waals surface area (Å²) in [6.07, 6.45) is 0.478. The molecule has 0 aromatic carbocycles. The lowest BCUT2D eigenvalue weighted by atomic mass is 10.4. The molecular weight excluding hydrogens is 154 g/mol. The Kier molecular flexibility index (Phi) is 2.83. The first-order valence-electron chi connectivity index (χ1n) is 3.71. The monoisotopic (exact) mass is 165 g/mol. The lowest BCUT2D eigenvalue weighted by Crippen LogP contribution is -1.94. The molecule has 0 fully saturated rings. The molecule has 1 rings (SSSR count). The molecule has 0 aliphatic carbocycles. The molecule has 0 saturated heterocycles. The minimum Gasteiger partial charge on any atom is -0.395 e. The first-order chi connectivity index (χ1) is 5.75. The summed E-state index contributed by atoms with van der Waals surface area (Å²) in [7, 11) is 1.86. The minimum absolute atomic E-state index is 0.0871. The van der Waals surface area contributed by atoms with E-state index < -0.39 is 0 Å². The molecule has 0 aliphatic rings. The summed E-state index contributed by atoms with van der Waals surface area (Å²) in [5.41, 5.74) is 0. The normalized spacial score (nSPS) is 9.25. The van der Waals surface area contributed by atoms with E-state index in [1.165, 1.54) is 0 Å². The lowest BCUT2D eigenvalue weighted by molar-refractivity contribution is 0.305. The van der Waals surface area contributed by atoms with Gasteiger partial charge < -0.3 is 9.67 Å². The van der Waals surface area contributed by atoms with Gasteiger partial charge in [0.15, 0.2) is 0 Å². The molecule has 1 aromatic heterocycles. The van der Waals surface area contributed by atoms with Crippen molar-refractivity contribution in [2.75, 3.05) is 6.61 Å². The van der Waals surface area contributed by atoms with Gasteiger partial charge in [-0.25, -0.2) is 0 Å². The van der Waals surface area contributed by atoms with Gasteiger partial charge in [-0.3, -0.25) is 0 Å². The maximum atomic E-state index is 8.47. The summed E-state index contributed by atoms with van der Waals surface area (Å²) in [4.78, 5) is 0. The van der Waals surface area contributed by atoms with E-state index in [4.69, 9.17) is 5.11 Å². The van der Waals surface area contributed by atoms with Gasteiger partial charge in [-0.15, -0.1) is 10.2 Å². The molecule has 0 aliphatic heterocycles. The van der Waals surface area contributed by atoms with Crippen LogP contribution in [0.4, 0.5) is 0 Å². The Morgan fingerprint density at radius 2 is 2.25 bits per heavy atom. The molecule has 0 spiro atoms. The first kappa shape index (κ1) is 8.75. The SMILES string of the molecule is Cc1nnc(C#CCCO)n1C. The molecule has 1 heterocycles. The smallest absolute Gasteiger partial charge is 0.207 e. The van der Waals surface area contributed by atoms with E-state index >= 15 is 0 Å². The van der Waals surface area contributed by atoms with Gasteiger partial charge >= 0.3 is 0 Å². The molecule has 0 saturated carbocycles. The predicted molar refractivity (Wildman–Crippen MR) is 44.3 cm³/mol. The number of hydrogen-bond donors (Lipinski definition) is 1. The predicted octanol–water partition coefficient (Wildman–Crippen LogP) is -0.143. The van der Waals surface area contributed by atoms with Crippen molar-refractivity contribution in [1.29, 1.82) is 0 Å². The zero-order valence-electron chi connectivity index (χ0n) is 7.20. The maximum absolute atomic E-state index is 8.47. The number of aromatic nitrogens is 3. The van der Waals surface area contributed by atoms with Gasteiger partial charge in [-0.1, -0.05) is 5.92 Å². The van der Waals surface area contributed by atoms with E-state index in [-0.39, 0.29) is 6.61 Å². The second kappa shape index (κ2) is 3.88. The van der Waals surface area contributed by atoms with Gasteiger partial charge in [0, 0.05) is 13.5 Å². The number of hydrogen-bond acceptors (Lipinski definition) is 3. The summed E-state index contributed by atoms with van der Waals surface area (Å²) < 4.78 is 1.81. The summed E-state index contributed by atoms with van der Waals surface area (Å²) in [5, 5.41) is 16.2. The molecule has 1 N–H and O–H groups in total. The van der Waals surface area contributed by atoms with Crippen LogP contribution < -0.4 is 0 Å². The fourth-order valence-corrected chi connectivity index (χ4v) is 0.713. The molecule has 0 radical (unpaired) electrons. The number of aliphatic hydroxyl groups is 1. The summed E-state index contributed by atoms with van der Waals surface area (Å²) in [5.74, 6) is 7.07. The van der Waals surface area contributed by atoms with Gasteiger partial charge in [0.05, 0.1) is 6.61 Å². The van der Waals surface area contributed by atoms with Crippen LogP contribution in [0.5, 0.6) is 0 Å². The molecule has 0 bridgehead atoms. The average Bonchev–Trinajstić information content (AvgIpc) is 2.36. The standard InChI is InChI=1S/C8H11N3O/c1-7-9-10-8(11(7)2)5-3-4-6-12/h12H,4,6H2,1-2H3. The van der Waals surface area contributed by atoms with Crippen molar-refractivity contribution < 1.29 is 5.11 Å². The summed E-state index contributed by atoms with van der Waals surface area (Å²) in [6.45, 7) is 1.95. The number of nitrogens with zero attached hydrogens (tertiary/aromatic N) is 3. The fraction of sp³-hybridized carbons (Fsp3) is 0.500. The summed E-state index contributed by atoms with van der Waals surface area (Å²) >= 11 is 0. The highest BCUT2D eigenvalue weighted by atomic mass is 16.2. The highest BCUT2D eigenvalue weighted by Crippen LogP contribution is 1.94. The third-order valence-corrected chi connectivity index (χ3v) is 1.53. The van der Waals surface area contributed by atoms with Crippen LogP contribution in [0, 0.1) is 18.8 Å². The van der Waals surface area contributed by atoms with E-state index in [9.17, 15) is 0 Å². The van der Waals surface area contributed by atoms with E-state index in [1.54, 1.807) is 0 Å². The number of rotatable bonds is 1. The van der Waals surface area contributed by atoms with Crippen molar-refractivity contribution in [3.8, 4) is 11.8 Å². The van der Waals surface area contributed by atoms with Crippen LogP contribution in [0.2, 0.25) is 0 Å². The van der Waals surface area contributed by atoms with Crippen LogP contribution in [0.3, 0.4) is 0 Å². The zero-order valence-corrected chi connectivity index (χ0v) is 7.20. The molecule has 1 aromatic rings. The molecule has 0 unspecified atom stereocenters. The Bertz CT molecular complexity index is 319. The van der Waals surface area contributed by atoms with Crippen molar-refractivity contribution >= 4 is 0 Å². The van der Waals surface area contributed by atoms with Crippen molar-refractivity contribution in [2.24, 2.45) is 7.05 Å². The van der Waals surface area contributed by atoms with Crippen LogP contribution >= 0.6 is 0 Å². The van der Waals surface area contributed by atoms with Crippen molar-refractivity contribution in [1.82, 2.24) is 14.8 Å². The number of aliphatic hydroxyl groups excluding tert-OH is 1.